The summed E-state index contributed by atoms with van der Waals surface area (Å²) < 4.78 is 0. The lowest BCUT2D eigenvalue weighted by molar-refractivity contribution is -0.270. The van der Waals surface area contributed by atoms with E-state index < -0.39 is 0 Å². The van der Waals surface area contributed by atoms with E-state index >= 15 is 0 Å². The van der Waals surface area contributed by atoms with Crippen molar-refractivity contribution in [3.05, 3.63) is 0 Å². The fourth-order valence-corrected chi connectivity index (χ4v) is 8.85. The summed E-state index contributed by atoms with van der Waals surface area (Å²) in [4.78, 5) is 0. The van der Waals surface area contributed by atoms with E-state index in [1.165, 1.54) is 0 Å². The zero-order valence-electron chi connectivity index (χ0n) is 12.4. The molecule has 2 bridgehead atoms. The van der Waals surface area contributed by atoms with Gasteiger partial charge in [-0.15, -0.1) is 0 Å². The predicted molar refractivity (Wildman–Crippen MR) is 74.0 cm³/mol. The smallest absolute Gasteiger partial charge is 0.0204 e. The molecule has 0 aromatic heterocycles. The maximum absolute atomic E-state index is 2.72. The van der Waals surface area contributed by atoms with Gasteiger partial charge in [0.15, 0.2) is 0 Å². The minimum absolute atomic E-state index is 0.758. The number of hydrogen-bond donors (Lipinski definition) is 0. The first kappa shape index (κ1) is 10.7. The summed E-state index contributed by atoms with van der Waals surface area (Å²) in [5.74, 6) is 8.81. The van der Waals surface area contributed by atoms with Crippen LogP contribution in [0.5, 0.6) is 0 Å². The van der Waals surface area contributed by atoms with Crippen LogP contribution in [-0.2, 0) is 0 Å². The van der Waals surface area contributed by atoms with Crippen molar-refractivity contribution >= 4 is 0 Å². The minimum Gasteiger partial charge on any atom is -0.0620 e. The third kappa shape index (κ3) is 0.714. The Labute approximate surface area is 112 Å². The third-order valence-corrected chi connectivity index (χ3v) is 9.68. The van der Waals surface area contributed by atoms with E-state index in [-0.39, 0.29) is 0 Å². The molecule has 5 fully saturated rings. The van der Waals surface area contributed by atoms with Crippen LogP contribution in [0.3, 0.4) is 0 Å². The Morgan fingerprint density at radius 2 is 1.17 bits per heavy atom. The maximum atomic E-state index is 2.72. The molecule has 0 aliphatic heterocycles. The Morgan fingerprint density at radius 1 is 0.722 bits per heavy atom. The van der Waals surface area contributed by atoms with Crippen molar-refractivity contribution in [1.29, 1.82) is 0 Å². The standard InChI is InChI=1S/C18H28/c1-9-10(2)16-14-8-13(15(9)16)17(3)11-6-5-7-12(11)18(14,17)4/h9-16H,5-8H2,1-4H3. The molecule has 0 spiro atoms. The molecule has 0 heterocycles. The first-order valence-corrected chi connectivity index (χ1v) is 8.53. The third-order valence-electron chi connectivity index (χ3n) is 9.68. The Balaban J connectivity index is 1.63. The van der Waals surface area contributed by atoms with E-state index in [1.54, 1.807) is 25.7 Å². The van der Waals surface area contributed by atoms with Crippen molar-refractivity contribution in [2.75, 3.05) is 0 Å². The SMILES string of the molecule is CC1C(C)C2C1C1CC2C2(C)C3CCCC3C12C. The molecule has 5 saturated carbocycles. The average molecular weight is 244 g/mol. The zero-order chi connectivity index (χ0) is 12.4. The van der Waals surface area contributed by atoms with Crippen LogP contribution in [0.1, 0.15) is 53.4 Å². The molecule has 100 valence electrons. The summed E-state index contributed by atoms with van der Waals surface area (Å²) in [5, 5.41) is 0. The van der Waals surface area contributed by atoms with Gasteiger partial charge < -0.3 is 0 Å². The molecule has 5 rings (SSSR count). The summed E-state index contributed by atoms with van der Waals surface area (Å²) in [5.41, 5.74) is 1.52. The lowest BCUT2D eigenvalue weighted by atomic mass is 9.30. The van der Waals surface area contributed by atoms with Crippen molar-refractivity contribution in [1.82, 2.24) is 0 Å². The normalized spacial score (nSPS) is 75.3. The molecule has 0 aromatic carbocycles. The molecule has 0 aromatic rings. The van der Waals surface area contributed by atoms with E-state index in [2.05, 4.69) is 27.7 Å². The van der Waals surface area contributed by atoms with E-state index in [1.807, 2.05) is 0 Å². The van der Waals surface area contributed by atoms with Crippen LogP contribution in [0, 0.1) is 58.2 Å². The molecular weight excluding hydrogens is 216 g/mol. The second kappa shape index (κ2) is 2.72. The van der Waals surface area contributed by atoms with Crippen molar-refractivity contribution in [3.63, 3.8) is 0 Å². The summed E-state index contributed by atoms with van der Waals surface area (Å²) in [6.45, 7) is 10.5. The van der Waals surface area contributed by atoms with Crippen molar-refractivity contribution in [2.45, 2.75) is 53.4 Å². The molecular formula is C18H28. The molecule has 10 unspecified atom stereocenters. The fourth-order valence-electron chi connectivity index (χ4n) is 8.85. The van der Waals surface area contributed by atoms with E-state index in [0.29, 0.717) is 0 Å². The number of hydrogen-bond acceptors (Lipinski definition) is 0. The average Bonchev–Trinajstić information content (AvgIpc) is 3.01. The fraction of sp³-hybridized carbons (Fsp3) is 1.00. The monoisotopic (exact) mass is 244 g/mol. The highest BCUT2D eigenvalue weighted by atomic mass is 14.9. The summed E-state index contributed by atoms with van der Waals surface area (Å²) in [6, 6.07) is 0. The van der Waals surface area contributed by atoms with Gasteiger partial charge in [-0.05, 0) is 77.4 Å². The van der Waals surface area contributed by atoms with Crippen molar-refractivity contribution < 1.29 is 0 Å². The van der Waals surface area contributed by atoms with Crippen LogP contribution in [-0.4, -0.2) is 0 Å². The minimum atomic E-state index is 0.758. The highest BCUT2D eigenvalue weighted by molar-refractivity contribution is 5.30. The van der Waals surface area contributed by atoms with Crippen LogP contribution in [0.25, 0.3) is 0 Å². The molecule has 0 saturated heterocycles. The molecule has 5 aliphatic rings. The van der Waals surface area contributed by atoms with E-state index in [0.717, 1.165) is 58.2 Å². The topological polar surface area (TPSA) is 0 Å². The van der Waals surface area contributed by atoms with Crippen LogP contribution in [0.4, 0.5) is 0 Å². The lowest BCUT2D eigenvalue weighted by Crippen LogP contribution is -2.70. The van der Waals surface area contributed by atoms with Gasteiger partial charge in [-0.1, -0.05) is 34.1 Å². The predicted octanol–water partition coefficient (Wildman–Crippen LogP) is 4.60. The van der Waals surface area contributed by atoms with Crippen molar-refractivity contribution in [3.8, 4) is 0 Å². The number of fused-ring (bicyclic) bond motifs is 11. The van der Waals surface area contributed by atoms with E-state index in [4.69, 9.17) is 0 Å². The van der Waals surface area contributed by atoms with Gasteiger partial charge in [-0.3, -0.25) is 0 Å². The molecule has 0 radical (unpaired) electrons. The highest BCUT2D eigenvalue weighted by Crippen LogP contribution is 2.88. The second-order valence-corrected chi connectivity index (χ2v) is 9.03. The first-order valence-electron chi connectivity index (χ1n) is 8.53. The Morgan fingerprint density at radius 3 is 1.61 bits per heavy atom. The Hall–Kier alpha value is 0. The van der Waals surface area contributed by atoms with Gasteiger partial charge in [-0.2, -0.15) is 0 Å². The Bertz CT molecular complexity index is 388. The second-order valence-electron chi connectivity index (χ2n) is 9.03. The van der Waals surface area contributed by atoms with Gasteiger partial charge in [0, 0.05) is 0 Å². The van der Waals surface area contributed by atoms with Gasteiger partial charge in [0.2, 0.25) is 0 Å². The van der Waals surface area contributed by atoms with Crippen molar-refractivity contribution in [2.24, 2.45) is 58.2 Å². The quantitative estimate of drug-likeness (QED) is 0.546. The van der Waals surface area contributed by atoms with Crippen LogP contribution in [0.2, 0.25) is 0 Å². The molecule has 18 heavy (non-hydrogen) atoms. The number of rotatable bonds is 0. The largest absolute Gasteiger partial charge is 0.0620 e. The summed E-state index contributed by atoms with van der Waals surface area (Å²) >= 11 is 0. The lowest BCUT2D eigenvalue weighted by Gasteiger charge is -2.74. The molecule has 0 heteroatoms. The summed E-state index contributed by atoms with van der Waals surface area (Å²) in [7, 11) is 0. The Kier molecular flexibility index (Phi) is 1.62. The van der Waals surface area contributed by atoms with Gasteiger partial charge in [0.1, 0.15) is 0 Å². The first-order chi connectivity index (χ1) is 8.53. The maximum Gasteiger partial charge on any atom is -0.0204 e. The van der Waals surface area contributed by atoms with Crippen LogP contribution in [0.15, 0.2) is 0 Å². The van der Waals surface area contributed by atoms with E-state index in [9.17, 15) is 0 Å². The van der Waals surface area contributed by atoms with Gasteiger partial charge >= 0.3 is 0 Å². The molecule has 0 nitrogen and oxygen atoms in total. The molecule has 0 amide bonds. The van der Waals surface area contributed by atoms with Gasteiger partial charge in [-0.25, -0.2) is 0 Å². The summed E-state index contributed by atoms with van der Waals surface area (Å²) in [6.07, 6.45) is 6.30. The zero-order valence-corrected chi connectivity index (χ0v) is 12.4. The van der Waals surface area contributed by atoms with Crippen LogP contribution >= 0.6 is 0 Å². The molecule has 10 atom stereocenters. The molecule has 0 N–H and O–H groups in total. The highest BCUT2D eigenvalue weighted by Gasteiger charge is 2.83. The van der Waals surface area contributed by atoms with Gasteiger partial charge in [0.05, 0.1) is 0 Å². The van der Waals surface area contributed by atoms with Crippen LogP contribution < -0.4 is 0 Å². The van der Waals surface area contributed by atoms with Gasteiger partial charge in [0.25, 0.3) is 0 Å². The molecule has 5 aliphatic carbocycles.